The van der Waals surface area contributed by atoms with Crippen LogP contribution in [0.1, 0.15) is 6.42 Å². The molecule has 0 saturated carbocycles. The molecule has 2 unspecified atom stereocenters. The van der Waals surface area contributed by atoms with Gasteiger partial charge in [-0.05, 0) is 6.42 Å². The minimum Gasteiger partial charge on any atom is -0.127 e. The van der Waals surface area contributed by atoms with Crippen LogP contribution in [0.5, 0.6) is 0 Å². The van der Waals surface area contributed by atoms with Crippen LogP contribution in [0.4, 0.5) is 0 Å². The van der Waals surface area contributed by atoms with Gasteiger partial charge in [0.2, 0.25) is 0 Å². The van der Waals surface area contributed by atoms with Crippen LogP contribution in [0.2, 0.25) is 0 Å². The van der Waals surface area contributed by atoms with E-state index in [2.05, 4.69) is 63.7 Å². The van der Waals surface area contributed by atoms with E-state index >= 15 is 0 Å². The Balaban J connectivity index is 3.58. The summed E-state index contributed by atoms with van der Waals surface area (Å²) in [5.74, 6) is 0.685. The van der Waals surface area contributed by atoms with Gasteiger partial charge >= 0.3 is 0 Å². The van der Waals surface area contributed by atoms with Gasteiger partial charge in [-0.15, -0.1) is 11.6 Å². The first kappa shape index (κ1) is 12.2. The van der Waals surface area contributed by atoms with Crippen molar-refractivity contribution in [1.82, 2.24) is 0 Å². The Bertz CT molecular complexity index is 87.7. The largest absolute Gasteiger partial charge is 0.127 e. The van der Waals surface area contributed by atoms with Gasteiger partial charge in [-0.25, -0.2) is 0 Å². The smallest absolute Gasteiger partial charge is 0.0833 e. The zero-order valence-corrected chi connectivity index (χ0v) is 12.1. The van der Waals surface area contributed by atoms with E-state index < -0.39 is 0 Å². The second-order valence-electron chi connectivity index (χ2n) is 1.77. The summed E-state index contributed by atoms with van der Waals surface area (Å²) >= 11 is 19.4. The zero-order chi connectivity index (χ0) is 8.15. The Hall–Kier alpha value is 2.21. The molecule has 0 aliphatic heterocycles. The summed E-state index contributed by atoms with van der Waals surface area (Å²) in [6, 6.07) is 0. The molecule has 0 heterocycles. The lowest BCUT2D eigenvalue weighted by molar-refractivity contribution is 0.834. The molecule has 0 saturated heterocycles. The molecule has 0 aromatic rings. The lowest BCUT2D eigenvalue weighted by Crippen LogP contribution is -2.20. The van der Waals surface area contributed by atoms with Crippen LogP contribution in [0.25, 0.3) is 0 Å². The van der Waals surface area contributed by atoms with Crippen LogP contribution in [0.15, 0.2) is 0 Å². The van der Waals surface area contributed by atoms with Gasteiger partial charge < -0.3 is 0 Å². The third kappa shape index (κ3) is 4.96. The lowest BCUT2D eigenvalue weighted by atomic mass is 10.3. The second-order valence-corrected chi connectivity index (χ2v) is 7.59. The molecular formula is C5H7Br4Cl. The minimum absolute atomic E-state index is 0.285. The van der Waals surface area contributed by atoms with Gasteiger partial charge in [-0.2, -0.15) is 0 Å². The highest BCUT2D eigenvalue weighted by Gasteiger charge is 2.20. The van der Waals surface area contributed by atoms with E-state index in [0.29, 0.717) is 15.5 Å². The van der Waals surface area contributed by atoms with Crippen molar-refractivity contribution in [3.63, 3.8) is 0 Å². The lowest BCUT2D eigenvalue weighted by Gasteiger charge is -2.16. The molecule has 0 aliphatic carbocycles. The molecule has 0 rings (SSSR count). The second kappa shape index (κ2) is 6.70. The highest BCUT2D eigenvalue weighted by molar-refractivity contribution is 9.25. The summed E-state index contributed by atoms with van der Waals surface area (Å²) in [7, 11) is 0. The first-order valence-corrected chi connectivity index (χ1v) is 6.91. The highest BCUT2D eigenvalue weighted by Crippen LogP contribution is 2.28. The number of halogens is 5. The van der Waals surface area contributed by atoms with Gasteiger partial charge in [-0.3, -0.25) is 0 Å². The predicted octanol–water partition coefficient (Wildman–Crippen LogP) is 4.26. The molecular weight excluding hydrogens is 415 g/mol. The Labute approximate surface area is 100.0 Å². The summed E-state index contributed by atoms with van der Waals surface area (Å²) in [6.07, 6.45) is 0.963. The summed E-state index contributed by atoms with van der Waals surface area (Å²) in [5.41, 5.74) is 0. The van der Waals surface area contributed by atoms with Crippen LogP contribution in [0.3, 0.4) is 0 Å². The molecule has 0 aliphatic rings. The normalized spacial score (nSPS) is 17.4. The molecule has 0 aromatic carbocycles. The fourth-order valence-corrected chi connectivity index (χ4v) is 3.27. The van der Waals surface area contributed by atoms with Crippen molar-refractivity contribution in [2.24, 2.45) is 0 Å². The maximum atomic E-state index is 5.56. The summed E-state index contributed by atoms with van der Waals surface area (Å²) in [4.78, 5) is 0.778. The van der Waals surface area contributed by atoms with E-state index in [1.165, 1.54) is 0 Å². The molecule has 0 amide bonds. The molecule has 5 heteroatoms. The quantitative estimate of drug-likeness (QED) is 0.595. The van der Waals surface area contributed by atoms with Crippen LogP contribution < -0.4 is 0 Å². The van der Waals surface area contributed by atoms with Crippen LogP contribution in [-0.4, -0.2) is 19.3 Å². The minimum atomic E-state index is 0.285. The van der Waals surface area contributed by atoms with Gasteiger partial charge in [0.05, 0.1) is 3.74 Å². The molecule has 0 nitrogen and oxygen atoms in total. The van der Waals surface area contributed by atoms with E-state index in [9.17, 15) is 0 Å². The predicted molar refractivity (Wildman–Crippen MR) is 62.4 cm³/mol. The average molecular weight is 422 g/mol. The molecule has 0 spiro atoms. The molecule has 0 radical (unpaired) electrons. The van der Waals surface area contributed by atoms with Gasteiger partial charge in [0, 0.05) is 15.5 Å². The maximum Gasteiger partial charge on any atom is 0.0833 e. The van der Waals surface area contributed by atoms with Crippen LogP contribution >= 0.6 is 75.3 Å². The first-order chi connectivity index (χ1) is 4.59. The summed E-state index contributed by atoms with van der Waals surface area (Å²) < 4.78 is 0.285. The standard InChI is InChI=1S/C5H7Br4Cl/c6-3(1-2-10)4(7)5(8)9/h3-5H,1-2H2. The fourth-order valence-electron chi connectivity index (χ4n) is 0.421. The van der Waals surface area contributed by atoms with E-state index in [0.717, 1.165) is 6.42 Å². The van der Waals surface area contributed by atoms with Crippen LogP contribution in [-0.2, 0) is 0 Å². The molecule has 10 heavy (non-hydrogen) atoms. The Kier molecular flexibility index (Phi) is 8.18. The van der Waals surface area contributed by atoms with Crippen molar-refractivity contribution in [3.05, 3.63) is 0 Å². The zero-order valence-electron chi connectivity index (χ0n) is 5.04. The third-order valence-corrected chi connectivity index (χ3v) is 6.65. The van der Waals surface area contributed by atoms with Crippen molar-refractivity contribution in [3.8, 4) is 0 Å². The maximum absolute atomic E-state index is 5.56. The number of hydrogen-bond acceptors (Lipinski definition) is 0. The fraction of sp³-hybridized carbons (Fsp3) is 1.00. The first-order valence-electron chi connectivity index (χ1n) is 2.72. The van der Waals surface area contributed by atoms with Crippen molar-refractivity contribution in [2.45, 2.75) is 19.8 Å². The molecule has 0 N–H and O–H groups in total. The third-order valence-electron chi connectivity index (χ3n) is 0.971. The average Bonchev–Trinajstić information content (AvgIpc) is 1.87. The SMILES string of the molecule is ClCCC(Br)C(Br)C(Br)Br. The highest BCUT2D eigenvalue weighted by atomic mass is 79.9. The van der Waals surface area contributed by atoms with Gasteiger partial charge in [0.15, 0.2) is 0 Å². The van der Waals surface area contributed by atoms with Crippen molar-refractivity contribution < 1.29 is 0 Å². The van der Waals surface area contributed by atoms with E-state index in [4.69, 9.17) is 11.6 Å². The molecule has 0 fully saturated rings. The van der Waals surface area contributed by atoms with Crippen LogP contribution in [0, 0.1) is 0 Å². The topological polar surface area (TPSA) is 0 Å². The summed E-state index contributed by atoms with van der Waals surface area (Å²) in [5, 5.41) is 0. The van der Waals surface area contributed by atoms with Gasteiger partial charge in [-0.1, -0.05) is 63.7 Å². The van der Waals surface area contributed by atoms with Gasteiger partial charge in [0.1, 0.15) is 0 Å². The summed E-state index contributed by atoms with van der Waals surface area (Å²) in [6.45, 7) is 0. The van der Waals surface area contributed by atoms with Gasteiger partial charge in [0.25, 0.3) is 0 Å². The van der Waals surface area contributed by atoms with Crippen molar-refractivity contribution >= 4 is 75.3 Å². The number of alkyl halides is 5. The molecule has 2 atom stereocenters. The van der Waals surface area contributed by atoms with E-state index in [-0.39, 0.29) is 3.74 Å². The number of rotatable bonds is 4. The monoisotopic (exact) mass is 418 g/mol. The van der Waals surface area contributed by atoms with E-state index in [1.807, 2.05) is 0 Å². The molecule has 62 valence electrons. The Morgan fingerprint density at radius 1 is 1.10 bits per heavy atom. The Morgan fingerprint density at radius 2 is 1.60 bits per heavy atom. The molecule has 0 aromatic heterocycles. The van der Waals surface area contributed by atoms with Crippen molar-refractivity contribution in [2.75, 3.05) is 5.88 Å². The molecule has 0 bridgehead atoms. The Morgan fingerprint density at radius 3 is 1.90 bits per heavy atom. The number of hydrogen-bond donors (Lipinski definition) is 0. The van der Waals surface area contributed by atoms with E-state index in [1.54, 1.807) is 0 Å². The van der Waals surface area contributed by atoms with Crippen molar-refractivity contribution in [1.29, 1.82) is 0 Å².